The maximum absolute atomic E-state index is 5.52. The van der Waals surface area contributed by atoms with E-state index in [0.29, 0.717) is 5.95 Å². The number of nitrogens with zero attached hydrogens (tertiary/aromatic N) is 3. The van der Waals surface area contributed by atoms with Gasteiger partial charge in [0.05, 0.1) is 20.3 Å². The van der Waals surface area contributed by atoms with E-state index in [-0.39, 0.29) is 18.1 Å². The van der Waals surface area contributed by atoms with E-state index in [9.17, 15) is 0 Å². The van der Waals surface area contributed by atoms with Crippen LogP contribution in [0.1, 0.15) is 30.0 Å². The first kappa shape index (κ1) is 14.1. The Morgan fingerprint density at radius 1 is 1.10 bits per heavy atom. The monoisotopic (exact) mass is 278 g/mol. The molecule has 0 radical (unpaired) electrons. The van der Waals surface area contributed by atoms with Gasteiger partial charge in [0.2, 0.25) is 5.95 Å². The van der Waals surface area contributed by atoms with E-state index in [4.69, 9.17) is 13.9 Å². The molecule has 0 fully saturated rings. The van der Waals surface area contributed by atoms with Crippen LogP contribution >= 0.6 is 0 Å². The van der Waals surface area contributed by atoms with Crippen LogP contribution in [0.2, 0.25) is 0 Å². The molecule has 20 heavy (non-hydrogen) atoms. The van der Waals surface area contributed by atoms with E-state index in [1.54, 1.807) is 0 Å². The Morgan fingerprint density at radius 2 is 1.70 bits per heavy atom. The number of furan rings is 1. The second kappa shape index (κ2) is 5.77. The Hall–Kier alpha value is -2.31. The highest BCUT2D eigenvalue weighted by Crippen LogP contribution is 2.24. The first-order chi connectivity index (χ1) is 9.53. The second-order valence-corrected chi connectivity index (χ2v) is 4.37. The molecule has 7 nitrogen and oxygen atoms in total. The minimum absolute atomic E-state index is 0.00994. The molecule has 1 N–H and O–H groups in total. The van der Waals surface area contributed by atoms with Crippen molar-refractivity contribution in [2.24, 2.45) is 0 Å². The summed E-state index contributed by atoms with van der Waals surface area (Å²) in [7, 11) is 2.98. The number of rotatable bonds is 5. The smallest absolute Gasteiger partial charge is 0.324 e. The van der Waals surface area contributed by atoms with Crippen LogP contribution in [0.25, 0.3) is 0 Å². The van der Waals surface area contributed by atoms with Crippen molar-refractivity contribution in [3.63, 3.8) is 0 Å². The average Bonchev–Trinajstić information content (AvgIpc) is 2.77. The Bertz CT molecular complexity index is 575. The van der Waals surface area contributed by atoms with E-state index in [1.165, 1.54) is 14.2 Å². The van der Waals surface area contributed by atoms with Gasteiger partial charge in [0, 0.05) is 5.56 Å². The molecule has 1 unspecified atom stereocenters. The molecule has 2 rings (SSSR count). The van der Waals surface area contributed by atoms with Crippen molar-refractivity contribution in [3.8, 4) is 12.0 Å². The number of hydrogen-bond acceptors (Lipinski definition) is 7. The zero-order chi connectivity index (χ0) is 14.7. The summed E-state index contributed by atoms with van der Waals surface area (Å²) < 4.78 is 15.5. The summed E-state index contributed by atoms with van der Waals surface area (Å²) in [6.45, 7) is 5.84. The summed E-state index contributed by atoms with van der Waals surface area (Å²) in [6, 6.07) is 2.38. The fourth-order valence-electron chi connectivity index (χ4n) is 1.94. The third-order valence-corrected chi connectivity index (χ3v) is 2.85. The van der Waals surface area contributed by atoms with Crippen LogP contribution in [0, 0.1) is 13.8 Å². The highest BCUT2D eigenvalue weighted by molar-refractivity contribution is 5.35. The van der Waals surface area contributed by atoms with Gasteiger partial charge < -0.3 is 19.2 Å². The molecule has 0 amide bonds. The topological polar surface area (TPSA) is 82.3 Å². The third kappa shape index (κ3) is 2.98. The maximum Gasteiger partial charge on any atom is 0.324 e. The molecule has 0 aliphatic carbocycles. The van der Waals surface area contributed by atoms with Gasteiger partial charge in [-0.2, -0.15) is 9.97 Å². The van der Waals surface area contributed by atoms with Gasteiger partial charge in [0.1, 0.15) is 11.5 Å². The fraction of sp³-hybridized carbons (Fsp3) is 0.462. The Labute approximate surface area is 117 Å². The van der Waals surface area contributed by atoms with Gasteiger partial charge in [-0.3, -0.25) is 0 Å². The van der Waals surface area contributed by atoms with E-state index in [0.717, 1.165) is 17.1 Å². The van der Waals surface area contributed by atoms with Crippen LogP contribution in [0.5, 0.6) is 12.0 Å². The third-order valence-electron chi connectivity index (χ3n) is 2.85. The second-order valence-electron chi connectivity index (χ2n) is 4.37. The molecule has 7 heteroatoms. The van der Waals surface area contributed by atoms with Gasteiger partial charge in [-0.25, -0.2) is 0 Å². The predicted molar refractivity (Wildman–Crippen MR) is 73.2 cm³/mol. The number of aromatic nitrogens is 3. The summed E-state index contributed by atoms with van der Waals surface area (Å²) in [5.41, 5.74) is 1.06. The van der Waals surface area contributed by atoms with Crippen molar-refractivity contribution in [2.45, 2.75) is 26.8 Å². The number of anilines is 1. The van der Waals surface area contributed by atoms with Crippen molar-refractivity contribution in [1.29, 1.82) is 0 Å². The number of nitrogens with one attached hydrogen (secondary N) is 1. The average molecular weight is 278 g/mol. The molecule has 2 aromatic rings. The lowest BCUT2D eigenvalue weighted by Gasteiger charge is -2.13. The van der Waals surface area contributed by atoms with Crippen LogP contribution in [0.15, 0.2) is 10.5 Å². The highest BCUT2D eigenvalue weighted by atomic mass is 16.5. The largest absolute Gasteiger partial charge is 0.467 e. The molecule has 108 valence electrons. The maximum atomic E-state index is 5.52. The van der Waals surface area contributed by atoms with Gasteiger partial charge >= 0.3 is 12.0 Å². The molecule has 1 atom stereocenters. The first-order valence-corrected chi connectivity index (χ1v) is 6.21. The summed E-state index contributed by atoms with van der Waals surface area (Å²) in [6.07, 6.45) is 0. The van der Waals surface area contributed by atoms with E-state index < -0.39 is 0 Å². The van der Waals surface area contributed by atoms with Gasteiger partial charge in [-0.05, 0) is 26.8 Å². The van der Waals surface area contributed by atoms with E-state index >= 15 is 0 Å². The van der Waals surface area contributed by atoms with Crippen LogP contribution < -0.4 is 14.8 Å². The Morgan fingerprint density at radius 3 is 2.15 bits per heavy atom. The molecule has 0 aliphatic heterocycles. The molecule has 0 saturated carbocycles. The molecule has 2 heterocycles. The number of hydrogen-bond donors (Lipinski definition) is 1. The normalized spacial score (nSPS) is 12.1. The van der Waals surface area contributed by atoms with Crippen molar-refractivity contribution in [3.05, 3.63) is 23.2 Å². The van der Waals surface area contributed by atoms with Crippen LogP contribution in [0.3, 0.4) is 0 Å². The minimum Gasteiger partial charge on any atom is -0.467 e. The highest BCUT2D eigenvalue weighted by Gasteiger charge is 2.15. The molecule has 0 aliphatic rings. The number of ether oxygens (including phenoxy) is 2. The molecular formula is C13H18N4O3. The lowest BCUT2D eigenvalue weighted by molar-refractivity contribution is 0.341. The van der Waals surface area contributed by atoms with Crippen molar-refractivity contribution < 1.29 is 13.9 Å². The molecule has 2 aromatic heterocycles. The van der Waals surface area contributed by atoms with Crippen LogP contribution in [-0.2, 0) is 0 Å². The van der Waals surface area contributed by atoms with Crippen LogP contribution in [-0.4, -0.2) is 29.2 Å². The first-order valence-electron chi connectivity index (χ1n) is 6.21. The van der Waals surface area contributed by atoms with Crippen molar-refractivity contribution in [2.75, 3.05) is 19.5 Å². The zero-order valence-electron chi connectivity index (χ0n) is 12.2. The summed E-state index contributed by atoms with van der Waals surface area (Å²) in [4.78, 5) is 12.2. The molecule has 0 bridgehead atoms. The summed E-state index contributed by atoms with van der Waals surface area (Å²) in [5.74, 6) is 2.13. The standard InChI is InChI=1S/C13H18N4O3/c1-7-6-10(9(3)20-7)8(2)14-11-15-12(18-4)17-13(16-11)19-5/h6,8H,1-5H3,(H,14,15,16,17). The van der Waals surface area contributed by atoms with E-state index in [1.807, 2.05) is 26.8 Å². The summed E-state index contributed by atoms with van der Waals surface area (Å²) in [5, 5.41) is 3.18. The Balaban J connectivity index is 2.22. The lowest BCUT2D eigenvalue weighted by atomic mass is 10.1. The van der Waals surface area contributed by atoms with Gasteiger partial charge in [-0.15, -0.1) is 4.98 Å². The van der Waals surface area contributed by atoms with Crippen molar-refractivity contribution in [1.82, 2.24) is 15.0 Å². The van der Waals surface area contributed by atoms with Gasteiger partial charge in [0.15, 0.2) is 0 Å². The SMILES string of the molecule is COc1nc(NC(C)c2cc(C)oc2C)nc(OC)n1. The van der Waals surface area contributed by atoms with Gasteiger partial charge in [0.25, 0.3) is 0 Å². The van der Waals surface area contributed by atoms with Gasteiger partial charge in [-0.1, -0.05) is 0 Å². The number of aryl methyl sites for hydroxylation is 2. The lowest BCUT2D eigenvalue weighted by Crippen LogP contribution is -2.11. The zero-order valence-corrected chi connectivity index (χ0v) is 12.2. The number of methoxy groups -OCH3 is 2. The molecular weight excluding hydrogens is 260 g/mol. The molecule has 0 saturated heterocycles. The predicted octanol–water partition coefficient (Wildman–Crippen LogP) is 2.27. The van der Waals surface area contributed by atoms with E-state index in [2.05, 4.69) is 20.3 Å². The molecule has 0 spiro atoms. The fourth-order valence-corrected chi connectivity index (χ4v) is 1.94. The summed E-state index contributed by atoms with van der Waals surface area (Å²) >= 11 is 0. The van der Waals surface area contributed by atoms with Crippen molar-refractivity contribution >= 4 is 5.95 Å². The quantitative estimate of drug-likeness (QED) is 0.898. The minimum atomic E-state index is -0.00994. The Kier molecular flexibility index (Phi) is 4.07. The molecule has 0 aromatic carbocycles. The van der Waals surface area contributed by atoms with Crippen LogP contribution in [0.4, 0.5) is 5.95 Å².